The number of hydrogen-bond acceptors (Lipinski definition) is 3. The number of esters is 1. The van der Waals surface area contributed by atoms with Crippen molar-refractivity contribution in [1.82, 2.24) is 0 Å². The normalized spacial score (nSPS) is 11.8. The number of hydrogen-bond donors (Lipinski definition) is 0. The van der Waals surface area contributed by atoms with Gasteiger partial charge in [-0.3, -0.25) is 4.79 Å². The van der Waals surface area contributed by atoms with Crippen LogP contribution in [0.3, 0.4) is 0 Å². The predicted octanol–water partition coefficient (Wildman–Crippen LogP) is 5.37. The molecule has 2 aromatic carbocycles. The van der Waals surface area contributed by atoms with Crippen molar-refractivity contribution in [3.8, 4) is 5.75 Å². The molecule has 0 saturated heterocycles. The van der Waals surface area contributed by atoms with Gasteiger partial charge >= 0.3 is 5.97 Å². The first-order chi connectivity index (χ1) is 11.0. The molecule has 1 atom stereocenters. The number of benzene rings is 2. The van der Waals surface area contributed by atoms with Gasteiger partial charge in [0.05, 0.1) is 19.6 Å². The minimum Gasteiger partial charge on any atom is -0.494 e. The molecular weight excluding hydrogens is 359 g/mol. The van der Waals surface area contributed by atoms with Gasteiger partial charge in [-0.1, -0.05) is 40.9 Å². The van der Waals surface area contributed by atoms with Crippen LogP contribution in [0.4, 0.5) is 0 Å². The van der Waals surface area contributed by atoms with E-state index in [1.54, 1.807) is 42.5 Å². The van der Waals surface area contributed by atoms with E-state index in [1.165, 1.54) is 7.11 Å². The van der Waals surface area contributed by atoms with Gasteiger partial charge in [0.2, 0.25) is 0 Å². The summed E-state index contributed by atoms with van der Waals surface area (Å²) in [5.74, 6) is -0.203. The van der Waals surface area contributed by atoms with Crippen LogP contribution in [0.5, 0.6) is 5.75 Å². The van der Waals surface area contributed by atoms with Crippen molar-refractivity contribution in [3.05, 3.63) is 63.1 Å². The minimum absolute atomic E-state index is 0.334. The Balaban J connectivity index is 2.07. The van der Waals surface area contributed by atoms with Crippen LogP contribution < -0.4 is 4.74 Å². The van der Waals surface area contributed by atoms with Gasteiger partial charge in [-0.25, -0.2) is 0 Å². The van der Waals surface area contributed by atoms with Gasteiger partial charge in [-0.2, -0.15) is 0 Å². The average Bonchev–Trinajstić information content (AvgIpc) is 2.53. The van der Waals surface area contributed by atoms with Gasteiger partial charge < -0.3 is 9.47 Å². The smallest absolute Gasteiger partial charge is 0.313 e. The Hall–Kier alpha value is -1.42. The lowest BCUT2D eigenvalue weighted by Crippen LogP contribution is -2.17. The standard InChI is InChI=1S/C17H15Cl3O3/c1-22-17(21)15(14-7-4-12(19)10-16(14)20)8-9-23-13-5-2-11(18)3-6-13/h2-7,10,15H,8-9H2,1H3/t15-/m0/s1. The van der Waals surface area contributed by atoms with Crippen molar-refractivity contribution in [2.24, 2.45) is 0 Å². The molecule has 6 heteroatoms. The summed E-state index contributed by atoms with van der Waals surface area (Å²) in [5, 5.41) is 1.58. The molecule has 0 fully saturated rings. The maximum atomic E-state index is 12.0. The molecule has 23 heavy (non-hydrogen) atoms. The molecule has 0 spiro atoms. The summed E-state index contributed by atoms with van der Waals surface area (Å²) in [5.41, 5.74) is 0.669. The Morgan fingerprint density at radius 1 is 1.04 bits per heavy atom. The van der Waals surface area contributed by atoms with Gasteiger partial charge in [-0.05, 0) is 48.4 Å². The molecule has 0 N–H and O–H groups in total. The van der Waals surface area contributed by atoms with Crippen LogP contribution in [0.1, 0.15) is 17.9 Å². The van der Waals surface area contributed by atoms with E-state index in [1.807, 2.05) is 0 Å². The quantitative estimate of drug-likeness (QED) is 0.638. The maximum absolute atomic E-state index is 12.0. The van der Waals surface area contributed by atoms with E-state index in [0.717, 1.165) is 0 Å². The number of carbonyl (C=O) groups is 1. The highest BCUT2D eigenvalue weighted by Crippen LogP contribution is 2.30. The van der Waals surface area contributed by atoms with E-state index in [-0.39, 0.29) is 5.97 Å². The fourth-order valence-electron chi connectivity index (χ4n) is 2.15. The molecule has 0 amide bonds. The first kappa shape index (κ1) is 17.9. The minimum atomic E-state index is -0.517. The molecule has 3 nitrogen and oxygen atoms in total. The third-order valence-electron chi connectivity index (χ3n) is 3.31. The van der Waals surface area contributed by atoms with E-state index in [4.69, 9.17) is 44.3 Å². The number of rotatable bonds is 6. The zero-order chi connectivity index (χ0) is 16.8. The summed E-state index contributed by atoms with van der Waals surface area (Å²) in [7, 11) is 1.35. The average molecular weight is 374 g/mol. The highest BCUT2D eigenvalue weighted by atomic mass is 35.5. The van der Waals surface area contributed by atoms with Gasteiger partial charge in [0, 0.05) is 15.1 Å². The number of carbonyl (C=O) groups excluding carboxylic acids is 1. The Labute approximate surface area is 150 Å². The molecule has 0 heterocycles. The van der Waals surface area contributed by atoms with Gasteiger partial charge in [-0.15, -0.1) is 0 Å². The second-order valence-electron chi connectivity index (χ2n) is 4.83. The predicted molar refractivity (Wildman–Crippen MR) is 92.8 cm³/mol. The molecule has 0 aliphatic heterocycles. The van der Waals surface area contributed by atoms with Crippen molar-refractivity contribution in [3.63, 3.8) is 0 Å². The number of methoxy groups -OCH3 is 1. The summed E-state index contributed by atoms with van der Waals surface area (Å²) in [4.78, 5) is 12.0. The van der Waals surface area contributed by atoms with Crippen LogP contribution in [0.25, 0.3) is 0 Å². The van der Waals surface area contributed by atoms with E-state index < -0.39 is 5.92 Å². The first-order valence-electron chi connectivity index (χ1n) is 6.92. The zero-order valence-corrected chi connectivity index (χ0v) is 14.7. The van der Waals surface area contributed by atoms with Crippen molar-refractivity contribution in [1.29, 1.82) is 0 Å². The Bertz CT molecular complexity index is 671. The lowest BCUT2D eigenvalue weighted by Gasteiger charge is -2.17. The van der Waals surface area contributed by atoms with Crippen molar-refractivity contribution < 1.29 is 14.3 Å². The molecule has 0 aliphatic rings. The molecule has 122 valence electrons. The third-order valence-corrected chi connectivity index (χ3v) is 4.13. The van der Waals surface area contributed by atoms with Gasteiger partial charge in [0.15, 0.2) is 0 Å². The van der Waals surface area contributed by atoms with Crippen LogP contribution in [0.2, 0.25) is 15.1 Å². The summed E-state index contributed by atoms with van der Waals surface area (Å²) in [6.07, 6.45) is 0.427. The second-order valence-corrected chi connectivity index (χ2v) is 6.11. The highest BCUT2D eigenvalue weighted by molar-refractivity contribution is 6.35. The van der Waals surface area contributed by atoms with Crippen molar-refractivity contribution >= 4 is 40.8 Å². The summed E-state index contributed by atoms with van der Waals surface area (Å²) in [6, 6.07) is 12.0. The fraction of sp³-hybridized carbons (Fsp3) is 0.235. The summed E-state index contributed by atoms with van der Waals surface area (Å²) >= 11 is 17.9. The molecule has 0 saturated carbocycles. The molecule has 0 radical (unpaired) electrons. The second kappa shape index (κ2) is 8.44. The molecule has 0 bridgehead atoms. The van der Waals surface area contributed by atoms with Gasteiger partial charge in [0.25, 0.3) is 0 Å². The van der Waals surface area contributed by atoms with Crippen LogP contribution >= 0.6 is 34.8 Å². The molecule has 2 rings (SSSR count). The lowest BCUT2D eigenvalue weighted by atomic mass is 9.96. The Kier molecular flexibility index (Phi) is 6.58. The Morgan fingerprint density at radius 3 is 2.30 bits per heavy atom. The molecule has 2 aromatic rings. The van der Waals surface area contributed by atoms with E-state index >= 15 is 0 Å². The number of halogens is 3. The lowest BCUT2D eigenvalue weighted by molar-refractivity contribution is -0.142. The van der Waals surface area contributed by atoms with E-state index in [2.05, 4.69) is 0 Å². The molecule has 0 unspecified atom stereocenters. The van der Waals surface area contributed by atoms with Crippen LogP contribution in [-0.4, -0.2) is 19.7 Å². The SMILES string of the molecule is COC(=O)[C@@H](CCOc1ccc(Cl)cc1)c1ccc(Cl)cc1Cl. The van der Waals surface area contributed by atoms with Crippen molar-refractivity contribution in [2.45, 2.75) is 12.3 Å². The third kappa shape index (κ3) is 5.03. The fourth-order valence-corrected chi connectivity index (χ4v) is 2.82. The van der Waals surface area contributed by atoms with Crippen LogP contribution in [-0.2, 0) is 9.53 Å². The number of ether oxygens (including phenoxy) is 2. The zero-order valence-electron chi connectivity index (χ0n) is 12.4. The molecule has 0 aromatic heterocycles. The van der Waals surface area contributed by atoms with Crippen molar-refractivity contribution in [2.75, 3.05) is 13.7 Å². The highest BCUT2D eigenvalue weighted by Gasteiger charge is 2.24. The molecule has 0 aliphatic carbocycles. The first-order valence-corrected chi connectivity index (χ1v) is 8.06. The Morgan fingerprint density at radius 2 is 1.70 bits per heavy atom. The monoisotopic (exact) mass is 372 g/mol. The van der Waals surface area contributed by atoms with E-state index in [9.17, 15) is 4.79 Å². The molecular formula is C17H15Cl3O3. The van der Waals surface area contributed by atoms with Crippen LogP contribution in [0, 0.1) is 0 Å². The summed E-state index contributed by atoms with van der Waals surface area (Å²) in [6.45, 7) is 0.334. The maximum Gasteiger partial charge on any atom is 0.313 e. The van der Waals surface area contributed by atoms with Crippen LogP contribution in [0.15, 0.2) is 42.5 Å². The van der Waals surface area contributed by atoms with Gasteiger partial charge in [0.1, 0.15) is 5.75 Å². The largest absolute Gasteiger partial charge is 0.494 e. The topological polar surface area (TPSA) is 35.5 Å². The summed E-state index contributed by atoms with van der Waals surface area (Å²) < 4.78 is 10.5. The van der Waals surface area contributed by atoms with E-state index in [0.29, 0.717) is 39.4 Å².